The van der Waals surface area contributed by atoms with E-state index in [1.165, 1.54) is 0 Å². The Labute approximate surface area is 177 Å². The van der Waals surface area contributed by atoms with Gasteiger partial charge in [0, 0.05) is 43.1 Å². The fourth-order valence-corrected chi connectivity index (χ4v) is 3.65. The molecule has 0 spiro atoms. The van der Waals surface area contributed by atoms with Crippen LogP contribution in [0.1, 0.15) is 43.0 Å². The van der Waals surface area contributed by atoms with E-state index in [1.54, 1.807) is 24.3 Å². The average Bonchev–Trinajstić information content (AvgIpc) is 3.62. The van der Waals surface area contributed by atoms with Crippen molar-refractivity contribution < 1.29 is 19.1 Å². The Hall–Kier alpha value is -3.02. The van der Waals surface area contributed by atoms with Crippen molar-refractivity contribution in [2.75, 3.05) is 25.0 Å². The van der Waals surface area contributed by atoms with Gasteiger partial charge in [-0.3, -0.25) is 9.59 Å². The number of rotatable bonds is 7. The van der Waals surface area contributed by atoms with E-state index in [0.29, 0.717) is 25.3 Å². The topological polar surface area (TPSA) is 67.9 Å². The molecule has 1 aliphatic carbocycles. The molecule has 0 bridgehead atoms. The summed E-state index contributed by atoms with van der Waals surface area (Å²) < 4.78 is 11.8. The molecule has 2 aliphatic rings. The Kier molecular flexibility index (Phi) is 6.21. The van der Waals surface area contributed by atoms with Crippen LogP contribution in [0.5, 0.6) is 11.5 Å². The number of para-hydroxylation sites is 2. The first kappa shape index (κ1) is 20.3. The van der Waals surface area contributed by atoms with Gasteiger partial charge in [-0.2, -0.15) is 0 Å². The first-order valence-corrected chi connectivity index (χ1v) is 10.7. The summed E-state index contributed by atoms with van der Waals surface area (Å²) in [6.07, 6.45) is 3.57. The predicted octanol–water partition coefficient (Wildman–Crippen LogP) is 4.12. The van der Waals surface area contributed by atoms with Gasteiger partial charge < -0.3 is 19.7 Å². The molecule has 6 nitrogen and oxygen atoms in total. The third-order valence-electron chi connectivity index (χ3n) is 5.52. The quantitative estimate of drug-likeness (QED) is 0.748. The lowest BCUT2D eigenvalue weighted by Gasteiger charge is -2.32. The van der Waals surface area contributed by atoms with Crippen molar-refractivity contribution >= 4 is 17.5 Å². The zero-order valence-electron chi connectivity index (χ0n) is 17.3. The van der Waals surface area contributed by atoms with Gasteiger partial charge in [-0.15, -0.1) is 0 Å². The molecular formula is C24H28N2O4. The highest BCUT2D eigenvalue weighted by atomic mass is 16.5. The van der Waals surface area contributed by atoms with Gasteiger partial charge in [0.1, 0.15) is 6.10 Å². The summed E-state index contributed by atoms with van der Waals surface area (Å²) in [6.45, 7) is 3.85. The van der Waals surface area contributed by atoms with Crippen LogP contribution in [-0.2, 0) is 4.79 Å². The lowest BCUT2D eigenvalue weighted by molar-refractivity contribution is -0.117. The highest BCUT2D eigenvalue weighted by molar-refractivity contribution is 5.96. The summed E-state index contributed by atoms with van der Waals surface area (Å²) in [5.74, 6) is 1.76. The van der Waals surface area contributed by atoms with Gasteiger partial charge in [-0.25, -0.2) is 0 Å². The van der Waals surface area contributed by atoms with Crippen LogP contribution in [0.3, 0.4) is 0 Å². The largest absolute Gasteiger partial charge is 0.490 e. The van der Waals surface area contributed by atoms with Gasteiger partial charge in [0.25, 0.3) is 5.91 Å². The molecule has 1 saturated carbocycles. The molecule has 1 heterocycles. The van der Waals surface area contributed by atoms with Gasteiger partial charge in [0.2, 0.25) is 5.91 Å². The minimum Gasteiger partial charge on any atom is -0.490 e. The van der Waals surface area contributed by atoms with Crippen LogP contribution in [0.4, 0.5) is 5.69 Å². The third kappa shape index (κ3) is 4.93. The zero-order valence-corrected chi connectivity index (χ0v) is 17.3. The van der Waals surface area contributed by atoms with Gasteiger partial charge in [0.05, 0.1) is 6.61 Å². The van der Waals surface area contributed by atoms with E-state index in [1.807, 2.05) is 36.1 Å². The van der Waals surface area contributed by atoms with Crippen molar-refractivity contribution in [1.82, 2.24) is 4.90 Å². The van der Waals surface area contributed by atoms with Crippen LogP contribution in [0.15, 0.2) is 48.5 Å². The average molecular weight is 408 g/mol. The highest BCUT2D eigenvalue weighted by Crippen LogP contribution is 2.31. The van der Waals surface area contributed by atoms with E-state index in [-0.39, 0.29) is 23.8 Å². The number of carbonyl (C=O) groups is 2. The molecule has 6 heteroatoms. The predicted molar refractivity (Wildman–Crippen MR) is 115 cm³/mol. The molecule has 0 radical (unpaired) electrons. The SMILES string of the molecule is CCOc1ccccc1OC1CCN(C(=O)c2ccc(NC(=O)C3CC3)cc2)CC1. The van der Waals surface area contributed by atoms with Gasteiger partial charge in [-0.1, -0.05) is 12.1 Å². The third-order valence-corrected chi connectivity index (χ3v) is 5.52. The van der Waals surface area contributed by atoms with Crippen molar-refractivity contribution in [3.8, 4) is 11.5 Å². The number of nitrogens with zero attached hydrogens (tertiary/aromatic N) is 1. The summed E-state index contributed by atoms with van der Waals surface area (Å²) in [5.41, 5.74) is 1.38. The number of likely N-dealkylation sites (tertiary alicyclic amines) is 1. The van der Waals surface area contributed by atoms with Crippen molar-refractivity contribution in [1.29, 1.82) is 0 Å². The summed E-state index contributed by atoms with van der Waals surface area (Å²) in [5, 5.41) is 2.90. The van der Waals surface area contributed by atoms with Crippen molar-refractivity contribution in [3.05, 3.63) is 54.1 Å². The lowest BCUT2D eigenvalue weighted by Crippen LogP contribution is -2.41. The van der Waals surface area contributed by atoms with Crippen LogP contribution < -0.4 is 14.8 Å². The van der Waals surface area contributed by atoms with E-state index in [9.17, 15) is 9.59 Å². The molecule has 1 N–H and O–H groups in total. The minimum atomic E-state index is 0.0169. The van der Waals surface area contributed by atoms with E-state index in [4.69, 9.17) is 9.47 Å². The second kappa shape index (κ2) is 9.20. The van der Waals surface area contributed by atoms with Crippen LogP contribution in [-0.4, -0.2) is 42.5 Å². The number of benzene rings is 2. The molecule has 30 heavy (non-hydrogen) atoms. The molecule has 0 aromatic heterocycles. The monoisotopic (exact) mass is 408 g/mol. The number of carbonyl (C=O) groups excluding carboxylic acids is 2. The van der Waals surface area contributed by atoms with E-state index < -0.39 is 0 Å². The van der Waals surface area contributed by atoms with Crippen molar-refractivity contribution in [2.24, 2.45) is 5.92 Å². The smallest absolute Gasteiger partial charge is 0.253 e. The molecule has 158 valence electrons. The first-order chi connectivity index (χ1) is 14.6. The second-order valence-electron chi connectivity index (χ2n) is 7.83. The Morgan fingerprint density at radius 3 is 2.27 bits per heavy atom. The standard InChI is InChI=1S/C24H28N2O4/c1-2-29-21-5-3-4-6-22(21)30-20-13-15-26(16-14-20)24(28)18-9-11-19(12-10-18)25-23(27)17-7-8-17/h3-6,9-12,17,20H,2,7-8,13-16H2,1H3,(H,25,27). The van der Waals surface area contributed by atoms with Gasteiger partial charge in [-0.05, 0) is 56.2 Å². The number of piperidine rings is 1. The van der Waals surface area contributed by atoms with Gasteiger partial charge >= 0.3 is 0 Å². The maximum Gasteiger partial charge on any atom is 0.253 e. The molecule has 0 unspecified atom stereocenters. The number of amides is 2. The van der Waals surface area contributed by atoms with E-state index in [0.717, 1.165) is 42.9 Å². The molecule has 1 saturated heterocycles. The summed E-state index contributed by atoms with van der Waals surface area (Å²) in [6, 6.07) is 14.9. The van der Waals surface area contributed by atoms with Crippen LogP contribution in [0, 0.1) is 5.92 Å². The zero-order chi connectivity index (χ0) is 20.9. The normalized spacial score (nSPS) is 16.8. The highest BCUT2D eigenvalue weighted by Gasteiger charge is 2.29. The first-order valence-electron chi connectivity index (χ1n) is 10.7. The van der Waals surface area contributed by atoms with Crippen molar-refractivity contribution in [2.45, 2.75) is 38.7 Å². The Bertz CT molecular complexity index is 884. The number of hydrogen-bond donors (Lipinski definition) is 1. The summed E-state index contributed by atoms with van der Waals surface area (Å²) in [4.78, 5) is 26.6. The Balaban J connectivity index is 1.29. The maximum absolute atomic E-state index is 12.8. The van der Waals surface area contributed by atoms with Crippen LogP contribution in [0.25, 0.3) is 0 Å². The molecule has 0 atom stereocenters. The van der Waals surface area contributed by atoms with E-state index >= 15 is 0 Å². The molecule has 2 fully saturated rings. The van der Waals surface area contributed by atoms with Crippen LogP contribution in [0.2, 0.25) is 0 Å². The number of hydrogen-bond acceptors (Lipinski definition) is 4. The number of ether oxygens (including phenoxy) is 2. The summed E-state index contributed by atoms with van der Waals surface area (Å²) >= 11 is 0. The molecule has 2 amide bonds. The van der Waals surface area contributed by atoms with E-state index in [2.05, 4.69) is 5.32 Å². The van der Waals surface area contributed by atoms with Gasteiger partial charge in [0.15, 0.2) is 11.5 Å². The van der Waals surface area contributed by atoms with Crippen molar-refractivity contribution in [3.63, 3.8) is 0 Å². The fraction of sp³-hybridized carbons (Fsp3) is 0.417. The fourth-order valence-electron chi connectivity index (χ4n) is 3.65. The van der Waals surface area contributed by atoms with Crippen LogP contribution >= 0.6 is 0 Å². The molecule has 2 aromatic rings. The minimum absolute atomic E-state index is 0.0169. The molecule has 1 aliphatic heterocycles. The Morgan fingerprint density at radius 1 is 0.967 bits per heavy atom. The molecule has 4 rings (SSSR count). The number of anilines is 1. The summed E-state index contributed by atoms with van der Waals surface area (Å²) in [7, 11) is 0. The second-order valence-corrected chi connectivity index (χ2v) is 7.83. The Morgan fingerprint density at radius 2 is 1.63 bits per heavy atom. The molecule has 2 aromatic carbocycles. The molecular weight excluding hydrogens is 380 g/mol. The number of nitrogens with one attached hydrogen (secondary N) is 1. The lowest BCUT2D eigenvalue weighted by atomic mass is 10.1. The maximum atomic E-state index is 12.8.